The van der Waals surface area contributed by atoms with E-state index in [1.807, 2.05) is 0 Å². The fourth-order valence-corrected chi connectivity index (χ4v) is 3.20. The fraction of sp³-hybridized carbons (Fsp3) is 0.625. The smallest absolute Gasteiger partial charge is 0.172 e. The van der Waals surface area contributed by atoms with Gasteiger partial charge in [-0.3, -0.25) is 4.79 Å². The first-order valence-corrected chi connectivity index (χ1v) is 7.50. The predicted molar refractivity (Wildman–Crippen MR) is 80.4 cm³/mol. The molecular weight excluding hydrogens is 268 g/mol. The van der Waals surface area contributed by atoms with Crippen molar-refractivity contribution >= 4 is 12.1 Å². The lowest BCUT2D eigenvalue weighted by molar-refractivity contribution is 0.0978. The van der Waals surface area contributed by atoms with E-state index < -0.39 is 0 Å². The van der Waals surface area contributed by atoms with Crippen LogP contribution in [0, 0.1) is 0 Å². The van der Waals surface area contributed by atoms with Gasteiger partial charge < -0.3 is 14.4 Å². The van der Waals surface area contributed by atoms with Gasteiger partial charge in [0.05, 0.1) is 25.9 Å². The Morgan fingerprint density at radius 1 is 1.43 bits per heavy atom. The molecule has 0 saturated carbocycles. The highest BCUT2D eigenvalue weighted by Gasteiger charge is 2.36. The van der Waals surface area contributed by atoms with Crippen molar-refractivity contribution in [2.75, 3.05) is 31.3 Å². The van der Waals surface area contributed by atoms with Gasteiger partial charge in [0.2, 0.25) is 0 Å². The van der Waals surface area contributed by atoms with Crippen LogP contribution >= 0.6 is 0 Å². The van der Waals surface area contributed by atoms with Crippen molar-refractivity contribution in [2.24, 2.45) is 0 Å². The Bertz CT molecular complexity index is 557. The summed E-state index contributed by atoms with van der Waals surface area (Å²) in [6, 6.07) is 0.256. The van der Waals surface area contributed by atoms with Crippen molar-refractivity contribution < 1.29 is 14.3 Å². The van der Waals surface area contributed by atoms with Crippen LogP contribution in [0.1, 0.15) is 43.1 Å². The number of fused-ring (bicyclic) bond motifs is 1. The number of carbonyl (C=O) groups is 1. The van der Waals surface area contributed by atoms with E-state index in [4.69, 9.17) is 9.47 Å². The lowest BCUT2D eigenvalue weighted by atomic mass is 9.78. The van der Waals surface area contributed by atoms with Crippen LogP contribution in [0.4, 0.5) is 5.82 Å². The van der Waals surface area contributed by atoms with E-state index in [-0.39, 0.29) is 11.5 Å². The monoisotopic (exact) mass is 290 g/mol. The van der Waals surface area contributed by atoms with Crippen LogP contribution in [-0.4, -0.2) is 43.7 Å². The maximum atomic E-state index is 11.4. The van der Waals surface area contributed by atoms with Crippen molar-refractivity contribution in [3.63, 3.8) is 0 Å². The number of hydrogen-bond donors (Lipinski definition) is 0. The van der Waals surface area contributed by atoms with Crippen molar-refractivity contribution in [1.29, 1.82) is 0 Å². The lowest BCUT2D eigenvalue weighted by Gasteiger charge is -2.39. The second-order valence-electron chi connectivity index (χ2n) is 6.46. The minimum absolute atomic E-state index is 0.0724. The van der Waals surface area contributed by atoms with E-state index in [1.165, 1.54) is 0 Å². The van der Waals surface area contributed by atoms with Crippen molar-refractivity contribution in [3.05, 3.63) is 17.3 Å². The average molecular weight is 290 g/mol. The molecule has 2 aliphatic rings. The molecule has 1 aromatic heterocycles. The van der Waals surface area contributed by atoms with E-state index in [0.717, 1.165) is 36.4 Å². The molecule has 0 bridgehead atoms. The molecule has 1 aromatic rings. The van der Waals surface area contributed by atoms with E-state index in [1.54, 1.807) is 6.20 Å². The molecule has 0 aliphatic carbocycles. The summed E-state index contributed by atoms with van der Waals surface area (Å²) in [7, 11) is 0. The van der Waals surface area contributed by atoms with Crippen molar-refractivity contribution in [1.82, 2.24) is 4.98 Å². The molecule has 1 unspecified atom stereocenters. The highest BCUT2D eigenvalue weighted by Crippen LogP contribution is 2.44. The molecule has 0 spiro atoms. The number of anilines is 1. The normalized spacial score (nSPS) is 24.1. The third kappa shape index (κ3) is 2.39. The molecule has 21 heavy (non-hydrogen) atoms. The Morgan fingerprint density at radius 3 is 2.95 bits per heavy atom. The van der Waals surface area contributed by atoms with Crippen LogP contribution in [0.2, 0.25) is 0 Å². The summed E-state index contributed by atoms with van der Waals surface area (Å²) in [4.78, 5) is 18.1. The SMILES string of the molecule is CC1COCCN1c1ncc(C=O)c2c1OCCC2(C)C. The molecule has 1 fully saturated rings. The third-order valence-corrected chi connectivity index (χ3v) is 4.46. The van der Waals surface area contributed by atoms with E-state index in [2.05, 4.69) is 30.7 Å². The molecule has 0 amide bonds. The first kappa shape index (κ1) is 14.3. The van der Waals surface area contributed by atoms with Crippen LogP contribution < -0.4 is 9.64 Å². The number of carbonyl (C=O) groups excluding carboxylic acids is 1. The summed E-state index contributed by atoms with van der Waals surface area (Å²) >= 11 is 0. The van der Waals surface area contributed by atoms with Gasteiger partial charge in [-0.25, -0.2) is 4.98 Å². The molecular formula is C16H22N2O3. The van der Waals surface area contributed by atoms with Gasteiger partial charge in [0.15, 0.2) is 17.9 Å². The number of ether oxygens (including phenoxy) is 2. The molecule has 0 aromatic carbocycles. The van der Waals surface area contributed by atoms with E-state index >= 15 is 0 Å². The standard InChI is InChI=1S/C16H22N2O3/c1-11-10-20-7-5-18(11)15-14-13(12(9-19)8-17-15)16(2,3)4-6-21-14/h8-9,11H,4-7,10H2,1-3H3. The van der Waals surface area contributed by atoms with E-state index in [9.17, 15) is 4.79 Å². The average Bonchev–Trinajstić information content (AvgIpc) is 2.47. The number of aldehydes is 1. The molecule has 5 nitrogen and oxygen atoms in total. The van der Waals surface area contributed by atoms with Crippen LogP contribution in [0.3, 0.4) is 0 Å². The number of aromatic nitrogens is 1. The minimum atomic E-state index is -0.0724. The summed E-state index contributed by atoms with van der Waals surface area (Å²) in [5.41, 5.74) is 1.56. The first-order valence-electron chi connectivity index (χ1n) is 7.50. The van der Waals surface area contributed by atoms with Gasteiger partial charge >= 0.3 is 0 Å². The quantitative estimate of drug-likeness (QED) is 0.781. The predicted octanol–water partition coefficient (Wildman–Crippen LogP) is 2.18. The zero-order chi connectivity index (χ0) is 15.0. The number of rotatable bonds is 2. The Morgan fingerprint density at radius 2 is 2.24 bits per heavy atom. The topological polar surface area (TPSA) is 51.7 Å². The van der Waals surface area contributed by atoms with Gasteiger partial charge in [0, 0.05) is 23.9 Å². The molecule has 1 saturated heterocycles. The Hall–Kier alpha value is -1.62. The molecule has 0 N–H and O–H groups in total. The van der Waals surface area contributed by atoms with Gasteiger partial charge in [0.1, 0.15) is 0 Å². The van der Waals surface area contributed by atoms with E-state index in [0.29, 0.717) is 25.4 Å². The summed E-state index contributed by atoms with van der Waals surface area (Å²) in [5, 5.41) is 0. The molecule has 5 heteroatoms. The maximum absolute atomic E-state index is 11.4. The number of pyridine rings is 1. The summed E-state index contributed by atoms with van der Waals surface area (Å²) in [5.74, 6) is 1.63. The third-order valence-electron chi connectivity index (χ3n) is 4.46. The number of morpholine rings is 1. The summed E-state index contributed by atoms with van der Waals surface area (Å²) in [6.45, 7) is 9.28. The highest BCUT2D eigenvalue weighted by molar-refractivity contribution is 5.81. The minimum Gasteiger partial charge on any atom is -0.489 e. The zero-order valence-electron chi connectivity index (χ0n) is 12.9. The summed E-state index contributed by atoms with van der Waals surface area (Å²) in [6.07, 6.45) is 3.47. The van der Waals surface area contributed by atoms with Gasteiger partial charge in [-0.2, -0.15) is 0 Å². The first-order chi connectivity index (χ1) is 10.0. The fourth-order valence-electron chi connectivity index (χ4n) is 3.20. The maximum Gasteiger partial charge on any atom is 0.172 e. The Balaban J connectivity index is 2.13. The zero-order valence-corrected chi connectivity index (χ0v) is 12.9. The largest absolute Gasteiger partial charge is 0.489 e. The number of nitrogens with zero attached hydrogens (tertiary/aromatic N) is 2. The Kier molecular flexibility index (Phi) is 3.61. The van der Waals surface area contributed by atoms with Crippen molar-refractivity contribution in [2.45, 2.75) is 38.6 Å². The van der Waals surface area contributed by atoms with Gasteiger partial charge in [-0.05, 0) is 18.8 Å². The van der Waals surface area contributed by atoms with Crippen molar-refractivity contribution in [3.8, 4) is 5.75 Å². The lowest BCUT2D eigenvalue weighted by Crippen LogP contribution is -2.45. The molecule has 114 valence electrons. The molecule has 2 aliphatic heterocycles. The van der Waals surface area contributed by atoms with Gasteiger partial charge in [0.25, 0.3) is 0 Å². The highest BCUT2D eigenvalue weighted by atomic mass is 16.5. The van der Waals surface area contributed by atoms with Crippen LogP contribution in [-0.2, 0) is 10.2 Å². The van der Waals surface area contributed by atoms with Gasteiger partial charge in [-0.1, -0.05) is 13.8 Å². The Labute approximate surface area is 125 Å². The summed E-state index contributed by atoms with van der Waals surface area (Å²) < 4.78 is 11.4. The molecule has 3 rings (SSSR count). The second kappa shape index (κ2) is 5.30. The molecule has 3 heterocycles. The second-order valence-corrected chi connectivity index (χ2v) is 6.46. The van der Waals surface area contributed by atoms with Crippen LogP contribution in [0.25, 0.3) is 0 Å². The van der Waals surface area contributed by atoms with Crippen LogP contribution in [0.5, 0.6) is 5.75 Å². The number of hydrogen-bond acceptors (Lipinski definition) is 5. The molecule has 1 atom stereocenters. The molecule has 0 radical (unpaired) electrons. The van der Waals surface area contributed by atoms with Gasteiger partial charge in [-0.15, -0.1) is 0 Å². The van der Waals surface area contributed by atoms with Crippen LogP contribution in [0.15, 0.2) is 6.20 Å².